The molecule has 0 spiro atoms. The van der Waals surface area contributed by atoms with Crippen molar-refractivity contribution < 1.29 is 9.53 Å². The number of piperidine rings is 1. The van der Waals surface area contributed by atoms with Crippen molar-refractivity contribution in [3.8, 4) is 0 Å². The van der Waals surface area contributed by atoms with Gasteiger partial charge in [-0.1, -0.05) is 0 Å². The second kappa shape index (κ2) is 7.22. The predicted molar refractivity (Wildman–Crippen MR) is 77.0 cm³/mol. The lowest BCUT2D eigenvalue weighted by molar-refractivity contribution is -0.123. The summed E-state index contributed by atoms with van der Waals surface area (Å²) in [7, 11) is 1.62. The van der Waals surface area contributed by atoms with Crippen LogP contribution in [-0.4, -0.2) is 55.2 Å². The molecule has 5 heteroatoms. The first-order chi connectivity index (χ1) is 8.84. The van der Waals surface area contributed by atoms with Gasteiger partial charge in [-0.15, -0.1) is 0 Å². The molecule has 3 N–H and O–H groups in total. The van der Waals surface area contributed by atoms with Gasteiger partial charge in [-0.25, -0.2) is 0 Å². The summed E-state index contributed by atoms with van der Waals surface area (Å²) >= 11 is 0. The van der Waals surface area contributed by atoms with Crippen molar-refractivity contribution in [1.82, 2.24) is 10.2 Å². The van der Waals surface area contributed by atoms with Crippen LogP contribution in [0.5, 0.6) is 0 Å². The second-order valence-corrected chi connectivity index (χ2v) is 6.33. The Morgan fingerprint density at radius 2 is 2.00 bits per heavy atom. The smallest absolute Gasteiger partial charge is 0.237 e. The number of methoxy groups -OCH3 is 1. The summed E-state index contributed by atoms with van der Waals surface area (Å²) in [6.07, 6.45) is 2.57. The number of rotatable bonds is 5. The molecule has 1 amide bonds. The van der Waals surface area contributed by atoms with Gasteiger partial charge in [0.2, 0.25) is 5.91 Å². The van der Waals surface area contributed by atoms with Crippen molar-refractivity contribution in [2.24, 2.45) is 5.73 Å². The fourth-order valence-electron chi connectivity index (χ4n) is 2.38. The topological polar surface area (TPSA) is 67.6 Å². The highest BCUT2D eigenvalue weighted by molar-refractivity contribution is 5.81. The maximum Gasteiger partial charge on any atom is 0.237 e. The number of nitrogens with two attached hydrogens (primary N) is 1. The summed E-state index contributed by atoms with van der Waals surface area (Å²) in [5, 5.41) is 3.05. The highest BCUT2D eigenvalue weighted by Gasteiger charge is 2.28. The SMILES string of the molecule is COCCC(N)C(=O)NC1CCN(C(C)(C)C)CC1. The zero-order chi connectivity index (χ0) is 14.5. The number of carbonyl (C=O) groups is 1. The molecule has 1 atom stereocenters. The zero-order valence-corrected chi connectivity index (χ0v) is 12.7. The number of hydrogen-bond acceptors (Lipinski definition) is 4. The molecule has 0 aromatic rings. The van der Waals surface area contributed by atoms with Crippen LogP contribution in [-0.2, 0) is 9.53 Å². The summed E-state index contributed by atoms with van der Waals surface area (Å²) in [5.41, 5.74) is 6.03. The largest absolute Gasteiger partial charge is 0.385 e. The van der Waals surface area contributed by atoms with Crippen LogP contribution in [0, 0.1) is 0 Å². The number of ether oxygens (including phenoxy) is 1. The molecule has 1 saturated heterocycles. The van der Waals surface area contributed by atoms with Crippen LogP contribution in [0.4, 0.5) is 0 Å². The van der Waals surface area contributed by atoms with Crippen LogP contribution >= 0.6 is 0 Å². The van der Waals surface area contributed by atoms with Crippen LogP contribution in [0.1, 0.15) is 40.0 Å². The highest BCUT2D eigenvalue weighted by atomic mass is 16.5. The summed E-state index contributed by atoms with van der Waals surface area (Å²) in [5.74, 6) is -0.0498. The van der Waals surface area contributed by atoms with Crippen molar-refractivity contribution in [1.29, 1.82) is 0 Å². The lowest BCUT2D eigenvalue weighted by Gasteiger charge is -2.41. The van der Waals surface area contributed by atoms with E-state index in [4.69, 9.17) is 10.5 Å². The number of carbonyl (C=O) groups excluding carboxylic acids is 1. The molecule has 1 fully saturated rings. The van der Waals surface area contributed by atoms with Crippen LogP contribution in [0.15, 0.2) is 0 Å². The average molecular weight is 271 g/mol. The molecule has 1 aliphatic heterocycles. The molecule has 5 nitrogen and oxygen atoms in total. The van der Waals surface area contributed by atoms with Crippen molar-refractivity contribution in [2.45, 2.75) is 57.7 Å². The molecule has 0 aliphatic carbocycles. The maximum absolute atomic E-state index is 11.9. The van der Waals surface area contributed by atoms with Crippen molar-refractivity contribution in [2.75, 3.05) is 26.8 Å². The monoisotopic (exact) mass is 271 g/mol. The minimum atomic E-state index is -0.458. The van der Waals surface area contributed by atoms with Gasteiger partial charge in [0.1, 0.15) is 0 Å². The van der Waals surface area contributed by atoms with Crippen LogP contribution in [0.25, 0.3) is 0 Å². The van der Waals surface area contributed by atoms with Crippen molar-refractivity contribution in [3.63, 3.8) is 0 Å². The molecule has 0 aromatic heterocycles. The number of nitrogens with zero attached hydrogens (tertiary/aromatic N) is 1. The van der Waals surface area contributed by atoms with Crippen molar-refractivity contribution in [3.05, 3.63) is 0 Å². The molecule has 1 aliphatic rings. The fraction of sp³-hybridized carbons (Fsp3) is 0.929. The van der Waals surface area contributed by atoms with Gasteiger partial charge in [0.15, 0.2) is 0 Å². The number of amides is 1. The van der Waals surface area contributed by atoms with Crippen LogP contribution < -0.4 is 11.1 Å². The lowest BCUT2D eigenvalue weighted by Crippen LogP contribution is -2.53. The minimum absolute atomic E-state index is 0.0498. The number of likely N-dealkylation sites (tertiary alicyclic amines) is 1. The number of hydrogen-bond donors (Lipinski definition) is 2. The zero-order valence-electron chi connectivity index (χ0n) is 12.7. The van der Waals surface area contributed by atoms with Crippen molar-refractivity contribution >= 4 is 5.91 Å². The third kappa shape index (κ3) is 5.47. The van der Waals surface area contributed by atoms with E-state index in [1.165, 1.54) is 0 Å². The highest BCUT2D eigenvalue weighted by Crippen LogP contribution is 2.20. The molecular formula is C14H29N3O2. The lowest BCUT2D eigenvalue weighted by atomic mass is 9.98. The van der Waals surface area contributed by atoms with E-state index in [1.807, 2.05) is 0 Å². The van der Waals surface area contributed by atoms with E-state index >= 15 is 0 Å². The summed E-state index contributed by atoms with van der Waals surface area (Å²) in [6.45, 7) is 9.27. The van der Waals surface area contributed by atoms with E-state index in [-0.39, 0.29) is 17.5 Å². The van der Waals surface area contributed by atoms with Gasteiger partial charge in [-0.2, -0.15) is 0 Å². The van der Waals surface area contributed by atoms with E-state index < -0.39 is 6.04 Å². The molecular weight excluding hydrogens is 242 g/mol. The standard InChI is InChI=1S/C14H29N3O2/c1-14(2,3)17-8-5-11(6-9-17)16-13(18)12(15)7-10-19-4/h11-12H,5-10,15H2,1-4H3,(H,16,18). The van der Waals surface area contributed by atoms with Gasteiger partial charge in [-0.05, 0) is 40.0 Å². The Morgan fingerprint density at radius 1 is 1.42 bits per heavy atom. The van der Waals surface area contributed by atoms with E-state index in [0.717, 1.165) is 25.9 Å². The van der Waals surface area contributed by atoms with Gasteiger partial charge in [0, 0.05) is 38.4 Å². The Morgan fingerprint density at radius 3 is 2.47 bits per heavy atom. The molecule has 0 saturated carbocycles. The quantitative estimate of drug-likeness (QED) is 0.773. The Bertz CT molecular complexity index is 281. The summed E-state index contributed by atoms with van der Waals surface area (Å²) in [6, 6.07) is -0.194. The van der Waals surface area contributed by atoms with Gasteiger partial charge >= 0.3 is 0 Å². The summed E-state index contributed by atoms with van der Waals surface area (Å²) < 4.78 is 4.94. The van der Waals surface area contributed by atoms with Gasteiger partial charge in [0.05, 0.1) is 6.04 Å². The third-order valence-electron chi connectivity index (χ3n) is 3.76. The van der Waals surface area contributed by atoms with Gasteiger partial charge in [-0.3, -0.25) is 9.69 Å². The Hall–Kier alpha value is -0.650. The average Bonchev–Trinajstić information content (AvgIpc) is 2.35. The fourth-order valence-corrected chi connectivity index (χ4v) is 2.38. The summed E-state index contributed by atoms with van der Waals surface area (Å²) in [4.78, 5) is 14.3. The normalized spacial score (nSPS) is 20.3. The van der Waals surface area contributed by atoms with Gasteiger partial charge < -0.3 is 15.8 Å². The molecule has 19 heavy (non-hydrogen) atoms. The number of nitrogens with one attached hydrogen (secondary N) is 1. The van der Waals surface area contributed by atoms with E-state index in [9.17, 15) is 4.79 Å². The first-order valence-electron chi connectivity index (χ1n) is 7.14. The predicted octanol–water partition coefficient (Wildman–Crippen LogP) is 0.729. The molecule has 1 unspecified atom stereocenters. The maximum atomic E-state index is 11.9. The Balaban J connectivity index is 2.31. The molecule has 0 aromatic carbocycles. The Kier molecular flexibility index (Phi) is 6.23. The molecule has 112 valence electrons. The van der Waals surface area contributed by atoms with Crippen LogP contribution in [0.3, 0.4) is 0 Å². The first-order valence-corrected chi connectivity index (χ1v) is 7.14. The molecule has 1 heterocycles. The van der Waals surface area contributed by atoms with E-state index in [0.29, 0.717) is 13.0 Å². The Labute approximate surface area is 116 Å². The first kappa shape index (κ1) is 16.4. The molecule has 0 radical (unpaired) electrons. The van der Waals surface area contributed by atoms with Crippen LogP contribution in [0.2, 0.25) is 0 Å². The van der Waals surface area contributed by atoms with Gasteiger partial charge in [0.25, 0.3) is 0 Å². The molecule has 0 bridgehead atoms. The minimum Gasteiger partial charge on any atom is -0.385 e. The third-order valence-corrected chi connectivity index (χ3v) is 3.76. The van der Waals surface area contributed by atoms with E-state index in [1.54, 1.807) is 7.11 Å². The molecule has 1 rings (SSSR count). The second-order valence-electron chi connectivity index (χ2n) is 6.33. The van der Waals surface area contributed by atoms with E-state index in [2.05, 4.69) is 31.0 Å².